The van der Waals surface area contributed by atoms with Crippen LogP contribution in [0.15, 0.2) is 18.2 Å². The molecule has 0 aliphatic heterocycles. The second-order valence-corrected chi connectivity index (χ2v) is 4.69. The zero-order valence-electron chi connectivity index (χ0n) is 10.1. The summed E-state index contributed by atoms with van der Waals surface area (Å²) in [6, 6.07) is 6.54. The lowest BCUT2D eigenvalue weighted by Gasteiger charge is -2.10. The summed E-state index contributed by atoms with van der Waals surface area (Å²) in [7, 11) is 0. The minimum atomic E-state index is 0.584. The average Bonchev–Trinajstić information content (AvgIpc) is 3.07. The zero-order valence-corrected chi connectivity index (χ0v) is 10.1. The van der Waals surface area contributed by atoms with E-state index in [4.69, 9.17) is 5.73 Å². The van der Waals surface area contributed by atoms with Gasteiger partial charge < -0.3 is 10.3 Å². The van der Waals surface area contributed by atoms with E-state index >= 15 is 0 Å². The Hall–Kier alpha value is -1.84. The summed E-state index contributed by atoms with van der Waals surface area (Å²) in [6.45, 7) is 4.04. The van der Waals surface area contributed by atoms with E-state index in [1.54, 1.807) is 0 Å². The van der Waals surface area contributed by atoms with Crippen molar-refractivity contribution in [3.8, 4) is 11.4 Å². The Kier molecular flexibility index (Phi) is 2.18. The molecule has 88 valence electrons. The lowest BCUT2D eigenvalue weighted by atomic mass is 10.1. The quantitative estimate of drug-likeness (QED) is 0.803. The van der Waals surface area contributed by atoms with Crippen LogP contribution in [-0.4, -0.2) is 14.8 Å². The van der Waals surface area contributed by atoms with Crippen molar-refractivity contribution in [2.24, 2.45) is 0 Å². The van der Waals surface area contributed by atoms with Crippen molar-refractivity contribution in [1.82, 2.24) is 14.8 Å². The van der Waals surface area contributed by atoms with Crippen LogP contribution >= 0.6 is 0 Å². The van der Waals surface area contributed by atoms with E-state index in [0.717, 1.165) is 28.5 Å². The van der Waals surface area contributed by atoms with Crippen molar-refractivity contribution >= 4 is 5.69 Å². The number of rotatable bonds is 2. The Morgan fingerprint density at radius 1 is 1.24 bits per heavy atom. The van der Waals surface area contributed by atoms with E-state index in [1.807, 2.05) is 26.0 Å². The van der Waals surface area contributed by atoms with Crippen LogP contribution in [0, 0.1) is 13.8 Å². The predicted octanol–water partition coefficient (Wildman–Crippen LogP) is 2.48. The van der Waals surface area contributed by atoms with E-state index in [0.29, 0.717) is 6.04 Å². The Morgan fingerprint density at radius 2 is 2.00 bits per heavy atom. The van der Waals surface area contributed by atoms with Gasteiger partial charge in [-0.2, -0.15) is 0 Å². The van der Waals surface area contributed by atoms with Crippen LogP contribution < -0.4 is 5.73 Å². The summed E-state index contributed by atoms with van der Waals surface area (Å²) in [5, 5.41) is 8.50. The van der Waals surface area contributed by atoms with Gasteiger partial charge in [0, 0.05) is 17.3 Å². The number of benzene rings is 1. The highest BCUT2D eigenvalue weighted by Crippen LogP contribution is 2.39. The molecule has 2 N–H and O–H groups in total. The van der Waals surface area contributed by atoms with Crippen LogP contribution in [0.4, 0.5) is 5.69 Å². The third kappa shape index (κ3) is 1.60. The highest BCUT2D eigenvalue weighted by molar-refractivity contribution is 5.68. The zero-order chi connectivity index (χ0) is 12.0. The van der Waals surface area contributed by atoms with Crippen molar-refractivity contribution in [3.63, 3.8) is 0 Å². The van der Waals surface area contributed by atoms with Gasteiger partial charge >= 0.3 is 0 Å². The molecule has 3 rings (SSSR count). The number of hydrogen-bond acceptors (Lipinski definition) is 3. The van der Waals surface area contributed by atoms with E-state index in [9.17, 15) is 0 Å². The lowest BCUT2D eigenvalue weighted by Crippen LogP contribution is -2.02. The number of nitrogen functional groups attached to an aromatic ring is 1. The first-order valence-electron chi connectivity index (χ1n) is 5.95. The fourth-order valence-electron chi connectivity index (χ4n) is 2.22. The number of anilines is 1. The molecular weight excluding hydrogens is 212 g/mol. The van der Waals surface area contributed by atoms with Crippen molar-refractivity contribution < 1.29 is 0 Å². The minimum Gasteiger partial charge on any atom is -0.398 e. The summed E-state index contributed by atoms with van der Waals surface area (Å²) < 4.78 is 2.24. The summed E-state index contributed by atoms with van der Waals surface area (Å²) >= 11 is 0. The number of aromatic nitrogens is 3. The molecule has 1 aromatic heterocycles. The third-order valence-electron chi connectivity index (χ3n) is 3.39. The standard InChI is InChI=1S/C13H16N4/c1-8-11(4-3-5-12(8)14)13-16-15-9(2)17(13)10-6-7-10/h3-5,10H,6-7,14H2,1-2H3. The molecule has 1 aromatic carbocycles. The first-order chi connectivity index (χ1) is 8.18. The molecule has 0 atom stereocenters. The second-order valence-electron chi connectivity index (χ2n) is 4.69. The van der Waals surface area contributed by atoms with E-state index in [1.165, 1.54) is 12.8 Å². The van der Waals surface area contributed by atoms with Crippen LogP contribution in [0.25, 0.3) is 11.4 Å². The molecule has 4 nitrogen and oxygen atoms in total. The van der Waals surface area contributed by atoms with E-state index in [-0.39, 0.29) is 0 Å². The fraction of sp³-hybridized carbons (Fsp3) is 0.385. The van der Waals surface area contributed by atoms with Crippen molar-refractivity contribution in [1.29, 1.82) is 0 Å². The molecule has 0 spiro atoms. The number of nitrogens with zero attached hydrogens (tertiary/aromatic N) is 3. The van der Waals surface area contributed by atoms with Crippen LogP contribution in [0.5, 0.6) is 0 Å². The minimum absolute atomic E-state index is 0.584. The van der Waals surface area contributed by atoms with Gasteiger partial charge in [-0.05, 0) is 38.3 Å². The van der Waals surface area contributed by atoms with Crippen molar-refractivity contribution in [3.05, 3.63) is 29.6 Å². The highest BCUT2D eigenvalue weighted by Gasteiger charge is 2.29. The molecule has 1 saturated carbocycles. The van der Waals surface area contributed by atoms with E-state index in [2.05, 4.69) is 20.8 Å². The molecule has 0 unspecified atom stereocenters. The van der Waals surface area contributed by atoms with Gasteiger partial charge in [-0.25, -0.2) is 0 Å². The van der Waals surface area contributed by atoms with Gasteiger partial charge in [-0.3, -0.25) is 0 Å². The Bertz CT molecular complexity index is 567. The number of aryl methyl sites for hydroxylation is 1. The van der Waals surface area contributed by atoms with Crippen LogP contribution in [0.2, 0.25) is 0 Å². The van der Waals surface area contributed by atoms with Gasteiger partial charge in [-0.1, -0.05) is 12.1 Å². The fourth-order valence-corrected chi connectivity index (χ4v) is 2.22. The molecule has 1 heterocycles. The van der Waals surface area contributed by atoms with Crippen molar-refractivity contribution in [2.75, 3.05) is 5.73 Å². The number of hydrogen-bond donors (Lipinski definition) is 1. The molecule has 0 radical (unpaired) electrons. The first-order valence-corrected chi connectivity index (χ1v) is 5.95. The molecule has 1 fully saturated rings. The monoisotopic (exact) mass is 228 g/mol. The van der Waals surface area contributed by atoms with Gasteiger partial charge in [0.1, 0.15) is 5.82 Å². The molecule has 1 aliphatic carbocycles. The van der Waals surface area contributed by atoms with Crippen LogP contribution in [-0.2, 0) is 0 Å². The van der Waals surface area contributed by atoms with Gasteiger partial charge in [-0.15, -0.1) is 10.2 Å². The average molecular weight is 228 g/mol. The molecule has 2 aromatic rings. The largest absolute Gasteiger partial charge is 0.398 e. The Morgan fingerprint density at radius 3 is 2.71 bits per heavy atom. The summed E-state index contributed by atoms with van der Waals surface area (Å²) in [6.07, 6.45) is 2.46. The number of nitrogens with two attached hydrogens (primary N) is 1. The predicted molar refractivity (Wildman–Crippen MR) is 67.6 cm³/mol. The molecule has 0 amide bonds. The molecule has 4 heteroatoms. The van der Waals surface area contributed by atoms with E-state index < -0.39 is 0 Å². The topological polar surface area (TPSA) is 56.7 Å². The highest BCUT2D eigenvalue weighted by atomic mass is 15.3. The third-order valence-corrected chi connectivity index (χ3v) is 3.39. The van der Waals surface area contributed by atoms with Crippen LogP contribution in [0.3, 0.4) is 0 Å². The molecule has 17 heavy (non-hydrogen) atoms. The summed E-state index contributed by atoms with van der Waals surface area (Å²) in [4.78, 5) is 0. The first kappa shape index (κ1) is 10.3. The van der Waals surface area contributed by atoms with Gasteiger partial charge in [0.15, 0.2) is 5.82 Å². The van der Waals surface area contributed by atoms with Crippen LogP contribution in [0.1, 0.15) is 30.3 Å². The smallest absolute Gasteiger partial charge is 0.164 e. The maximum absolute atomic E-state index is 5.95. The molecule has 0 saturated heterocycles. The maximum atomic E-state index is 5.95. The maximum Gasteiger partial charge on any atom is 0.164 e. The second kappa shape index (κ2) is 3.58. The molecule has 0 bridgehead atoms. The van der Waals surface area contributed by atoms with Gasteiger partial charge in [0.25, 0.3) is 0 Å². The molecule has 1 aliphatic rings. The Labute approximate surface area is 100 Å². The molecular formula is C13H16N4. The SMILES string of the molecule is Cc1c(N)cccc1-c1nnc(C)n1C1CC1. The Balaban J connectivity index is 2.18. The van der Waals surface area contributed by atoms with Gasteiger partial charge in [0.2, 0.25) is 0 Å². The normalized spacial score (nSPS) is 15.2. The lowest BCUT2D eigenvalue weighted by molar-refractivity contribution is 0.717. The van der Waals surface area contributed by atoms with Gasteiger partial charge in [0.05, 0.1) is 0 Å². The summed E-state index contributed by atoms with van der Waals surface area (Å²) in [5.41, 5.74) is 8.94. The van der Waals surface area contributed by atoms with Crippen molar-refractivity contribution in [2.45, 2.75) is 32.7 Å². The summed E-state index contributed by atoms with van der Waals surface area (Å²) in [5.74, 6) is 1.94.